The molecule has 1 unspecified atom stereocenters. The van der Waals surface area contributed by atoms with Crippen LogP contribution in [-0.4, -0.2) is 27.5 Å². The van der Waals surface area contributed by atoms with Crippen LogP contribution in [0.25, 0.3) is 0 Å². The molecule has 0 saturated heterocycles. The van der Waals surface area contributed by atoms with Crippen molar-refractivity contribution >= 4 is 15.7 Å². The third-order valence-electron chi connectivity index (χ3n) is 6.04. The topological polar surface area (TPSA) is 73.2 Å². The van der Waals surface area contributed by atoms with Crippen molar-refractivity contribution in [3.8, 4) is 6.07 Å². The summed E-state index contributed by atoms with van der Waals surface area (Å²) in [5.74, 6) is 0.650. The summed E-state index contributed by atoms with van der Waals surface area (Å²) in [7, 11) is -3.58. The summed E-state index contributed by atoms with van der Waals surface area (Å²) in [5, 5.41) is 9.29. The van der Waals surface area contributed by atoms with Crippen molar-refractivity contribution in [2.75, 3.05) is 18.0 Å². The summed E-state index contributed by atoms with van der Waals surface area (Å²) < 4.78 is 28.6. The van der Waals surface area contributed by atoms with Gasteiger partial charge in [0.05, 0.1) is 16.5 Å². The Morgan fingerprint density at radius 2 is 1.83 bits per heavy atom. The first-order chi connectivity index (χ1) is 14.0. The number of anilines is 1. The second kappa shape index (κ2) is 8.56. The van der Waals surface area contributed by atoms with Crippen LogP contribution in [0.5, 0.6) is 0 Å². The molecule has 0 amide bonds. The number of benzene rings is 2. The van der Waals surface area contributed by atoms with Gasteiger partial charge in [0, 0.05) is 24.8 Å². The van der Waals surface area contributed by atoms with Gasteiger partial charge in [-0.25, -0.2) is 13.1 Å². The summed E-state index contributed by atoms with van der Waals surface area (Å²) in [6.45, 7) is 1.60. The maximum absolute atomic E-state index is 12.9. The normalized spacial score (nSPS) is 20.1. The molecule has 6 heteroatoms. The highest BCUT2D eigenvalue weighted by molar-refractivity contribution is 7.89. The summed E-state index contributed by atoms with van der Waals surface area (Å²) in [4.78, 5) is 2.61. The average Bonchev–Trinajstić information content (AvgIpc) is 2.74. The highest BCUT2D eigenvalue weighted by Gasteiger charge is 2.30. The van der Waals surface area contributed by atoms with Gasteiger partial charge in [-0.15, -0.1) is 0 Å². The maximum atomic E-state index is 12.9. The minimum absolute atomic E-state index is 0.217. The van der Waals surface area contributed by atoms with E-state index in [-0.39, 0.29) is 10.9 Å². The van der Waals surface area contributed by atoms with E-state index in [1.54, 1.807) is 24.3 Å². The van der Waals surface area contributed by atoms with Crippen LogP contribution in [0, 0.1) is 17.2 Å². The summed E-state index contributed by atoms with van der Waals surface area (Å²) in [6, 6.07) is 16.3. The predicted molar refractivity (Wildman–Crippen MR) is 114 cm³/mol. The largest absolute Gasteiger partial charge is 0.369 e. The van der Waals surface area contributed by atoms with Crippen molar-refractivity contribution in [1.29, 1.82) is 5.26 Å². The number of nitrogens with zero attached hydrogens (tertiary/aromatic N) is 2. The molecule has 2 aromatic carbocycles. The molecule has 1 aliphatic heterocycles. The van der Waals surface area contributed by atoms with Gasteiger partial charge in [0.2, 0.25) is 10.0 Å². The van der Waals surface area contributed by atoms with E-state index in [0.717, 1.165) is 17.8 Å². The molecule has 1 fully saturated rings. The lowest BCUT2D eigenvalue weighted by molar-refractivity contribution is 0.352. The van der Waals surface area contributed by atoms with Gasteiger partial charge >= 0.3 is 0 Å². The summed E-state index contributed by atoms with van der Waals surface area (Å²) >= 11 is 0. The van der Waals surface area contributed by atoms with Crippen LogP contribution >= 0.6 is 0 Å². The first-order valence-electron chi connectivity index (χ1n) is 10.4. The Morgan fingerprint density at radius 3 is 2.55 bits per heavy atom. The smallest absolute Gasteiger partial charge is 0.240 e. The molecule has 1 N–H and O–H groups in total. The second-order valence-corrected chi connectivity index (χ2v) is 9.91. The average molecular weight is 410 g/mol. The quantitative estimate of drug-likeness (QED) is 0.814. The second-order valence-electron chi connectivity index (χ2n) is 8.20. The highest BCUT2D eigenvalue weighted by atomic mass is 32.2. The Bertz CT molecular complexity index is 993. The Balaban J connectivity index is 1.58. The van der Waals surface area contributed by atoms with E-state index < -0.39 is 10.0 Å². The number of fused-ring (bicyclic) bond motifs is 1. The first-order valence-corrected chi connectivity index (χ1v) is 11.9. The third kappa shape index (κ3) is 4.63. The third-order valence-corrected chi connectivity index (χ3v) is 7.57. The lowest BCUT2D eigenvalue weighted by Crippen LogP contribution is -2.49. The van der Waals surface area contributed by atoms with E-state index >= 15 is 0 Å². The monoisotopic (exact) mass is 409 g/mol. The number of nitriles is 1. The molecular weight excluding hydrogens is 382 g/mol. The Hall–Kier alpha value is -2.36. The minimum Gasteiger partial charge on any atom is -0.369 e. The highest BCUT2D eigenvalue weighted by Crippen LogP contribution is 2.32. The fraction of sp³-hybridized carbons (Fsp3) is 0.435. The molecule has 1 aliphatic carbocycles. The SMILES string of the molecule is N#Cc1ccc2c(c1)CC(NS(=O)(=O)c1ccccc1)CN2CC1CCCCC1. The van der Waals surface area contributed by atoms with Gasteiger partial charge in [0.25, 0.3) is 0 Å². The van der Waals surface area contributed by atoms with Crippen LogP contribution < -0.4 is 9.62 Å². The van der Waals surface area contributed by atoms with Crippen molar-refractivity contribution < 1.29 is 8.42 Å². The zero-order chi connectivity index (χ0) is 20.3. The van der Waals surface area contributed by atoms with E-state index in [0.29, 0.717) is 24.4 Å². The van der Waals surface area contributed by atoms with Crippen molar-refractivity contribution in [3.63, 3.8) is 0 Å². The summed E-state index contributed by atoms with van der Waals surface area (Å²) in [6.07, 6.45) is 6.95. The lowest BCUT2D eigenvalue weighted by atomic mass is 9.87. The number of hydrogen-bond donors (Lipinski definition) is 1. The van der Waals surface area contributed by atoms with Gasteiger partial charge in [0.1, 0.15) is 0 Å². The molecule has 29 heavy (non-hydrogen) atoms. The van der Waals surface area contributed by atoms with Crippen molar-refractivity contribution in [3.05, 3.63) is 59.7 Å². The Kier molecular flexibility index (Phi) is 5.89. The standard InChI is InChI=1S/C23H27N3O2S/c24-15-19-11-12-23-20(13-19)14-21(17-26(23)16-18-7-3-1-4-8-18)25-29(27,28)22-9-5-2-6-10-22/h2,5-6,9-13,18,21,25H,1,3-4,7-8,14,16-17H2. The first kappa shape index (κ1) is 19.9. The molecule has 4 rings (SSSR count). The van der Waals surface area contributed by atoms with E-state index in [9.17, 15) is 13.7 Å². The van der Waals surface area contributed by atoms with Crippen LogP contribution in [0.2, 0.25) is 0 Å². The van der Waals surface area contributed by atoms with Gasteiger partial charge in [-0.1, -0.05) is 37.5 Å². The molecule has 0 aromatic heterocycles. The van der Waals surface area contributed by atoms with Gasteiger partial charge in [-0.3, -0.25) is 0 Å². The predicted octanol–water partition coefficient (Wildman–Crippen LogP) is 3.85. The summed E-state index contributed by atoms with van der Waals surface area (Å²) in [5.41, 5.74) is 2.81. The molecule has 5 nitrogen and oxygen atoms in total. The van der Waals surface area contributed by atoms with Gasteiger partial charge in [-0.05, 0) is 61.1 Å². The fourth-order valence-electron chi connectivity index (χ4n) is 4.64. The molecule has 2 aromatic rings. The van der Waals surface area contributed by atoms with Crippen LogP contribution in [0.3, 0.4) is 0 Å². The Labute approximate surface area is 173 Å². The molecule has 2 aliphatic rings. The van der Waals surface area contributed by atoms with Crippen LogP contribution in [0.1, 0.15) is 43.2 Å². The van der Waals surface area contributed by atoms with Crippen LogP contribution in [0.15, 0.2) is 53.4 Å². The number of nitrogens with one attached hydrogen (secondary N) is 1. The van der Waals surface area contributed by atoms with E-state index in [1.165, 1.54) is 32.1 Å². The number of sulfonamides is 1. The van der Waals surface area contributed by atoms with Crippen molar-refractivity contribution in [2.24, 2.45) is 5.92 Å². The van der Waals surface area contributed by atoms with E-state index in [1.807, 2.05) is 24.3 Å². The van der Waals surface area contributed by atoms with Gasteiger partial charge < -0.3 is 4.90 Å². The molecule has 1 atom stereocenters. The molecule has 1 heterocycles. The van der Waals surface area contributed by atoms with Gasteiger partial charge in [0.15, 0.2) is 0 Å². The molecular formula is C23H27N3O2S. The van der Waals surface area contributed by atoms with Crippen LogP contribution in [0.4, 0.5) is 5.69 Å². The minimum atomic E-state index is -3.58. The molecule has 152 valence electrons. The molecule has 0 bridgehead atoms. The van der Waals surface area contributed by atoms with Crippen molar-refractivity contribution in [1.82, 2.24) is 4.72 Å². The zero-order valence-electron chi connectivity index (χ0n) is 16.5. The maximum Gasteiger partial charge on any atom is 0.240 e. The van der Waals surface area contributed by atoms with Crippen LogP contribution in [-0.2, 0) is 16.4 Å². The lowest BCUT2D eigenvalue weighted by Gasteiger charge is -2.39. The number of rotatable bonds is 5. The Morgan fingerprint density at radius 1 is 1.07 bits per heavy atom. The molecule has 1 saturated carbocycles. The molecule has 0 radical (unpaired) electrons. The number of hydrogen-bond acceptors (Lipinski definition) is 4. The fourth-order valence-corrected chi connectivity index (χ4v) is 5.89. The molecule has 0 spiro atoms. The van der Waals surface area contributed by atoms with E-state index in [4.69, 9.17) is 0 Å². The zero-order valence-corrected chi connectivity index (χ0v) is 17.4. The van der Waals surface area contributed by atoms with E-state index in [2.05, 4.69) is 15.7 Å². The van der Waals surface area contributed by atoms with Crippen molar-refractivity contribution in [2.45, 2.75) is 49.5 Å². The van der Waals surface area contributed by atoms with Gasteiger partial charge in [-0.2, -0.15) is 5.26 Å².